The summed E-state index contributed by atoms with van der Waals surface area (Å²) in [7, 11) is -3.32. The molecular weight excluding hydrogens is 234 g/mol. The second-order valence-electron chi connectivity index (χ2n) is 4.48. The molecule has 17 heavy (non-hydrogen) atoms. The molecule has 1 aromatic carbocycles. The molecule has 0 bridgehead atoms. The van der Waals surface area contributed by atoms with Crippen LogP contribution in [0, 0.1) is 0 Å². The predicted octanol–water partition coefficient (Wildman–Crippen LogP) is 2.89. The van der Waals surface area contributed by atoms with Gasteiger partial charge in [0.15, 0.2) is 0 Å². The van der Waals surface area contributed by atoms with Crippen LogP contribution in [-0.2, 0) is 10.0 Å². The molecule has 1 rings (SSSR count). The van der Waals surface area contributed by atoms with Gasteiger partial charge in [-0.2, -0.15) is 0 Å². The van der Waals surface area contributed by atoms with Gasteiger partial charge >= 0.3 is 0 Å². The Balaban J connectivity index is 2.78. The average Bonchev–Trinajstić information content (AvgIpc) is 2.29. The van der Waals surface area contributed by atoms with Gasteiger partial charge in [0.25, 0.3) is 0 Å². The van der Waals surface area contributed by atoms with Crippen LogP contribution in [-0.4, -0.2) is 15.0 Å². The number of sulfonamides is 1. The molecule has 0 saturated carbocycles. The van der Waals surface area contributed by atoms with Gasteiger partial charge in [0.1, 0.15) is 0 Å². The van der Waals surface area contributed by atoms with Crippen molar-refractivity contribution in [1.82, 2.24) is 4.72 Å². The van der Waals surface area contributed by atoms with Gasteiger partial charge in [0, 0.05) is 6.54 Å². The van der Waals surface area contributed by atoms with E-state index in [0.717, 1.165) is 18.4 Å². The molecule has 0 aliphatic rings. The molecule has 0 spiro atoms. The summed E-state index contributed by atoms with van der Waals surface area (Å²) in [6.07, 6.45) is 1.85. The van der Waals surface area contributed by atoms with Crippen LogP contribution >= 0.6 is 0 Å². The molecule has 4 heteroatoms. The van der Waals surface area contributed by atoms with Crippen molar-refractivity contribution in [1.29, 1.82) is 0 Å². The van der Waals surface area contributed by atoms with Crippen LogP contribution in [0.4, 0.5) is 0 Å². The molecule has 0 unspecified atom stereocenters. The molecule has 0 aromatic heterocycles. The Morgan fingerprint density at radius 3 is 2.24 bits per heavy atom. The van der Waals surface area contributed by atoms with Crippen molar-refractivity contribution in [3.63, 3.8) is 0 Å². The molecule has 0 radical (unpaired) electrons. The van der Waals surface area contributed by atoms with E-state index in [0.29, 0.717) is 17.4 Å². The molecule has 1 N–H and O–H groups in total. The molecule has 0 heterocycles. The van der Waals surface area contributed by atoms with E-state index in [-0.39, 0.29) is 0 Å². The van der Waals surface area contributed by atoms with Crippen molar-refractivity contribution in [3.8, 4) is 0 Å². The topological polar surface area (TPSA) is 46.2 Å². The highest BCUT2D eigenvalue weighted by molar-refractivity contribution is 7.89. The summed E-state index contributed by atoms with van der Waals surface area (Å²) in [5.74, 6) is 0.416. The summed E-state index contributed by atoms with van der Waals surface area (Å²) in [5.41, 5.74) is 1.15. The lowest BCUT2D eigenvalue weighted by molar-refractivity contribution is 0.578. The first kappa shape index (κ1) is 14.2. The summed E-state index contributed by atoms with van der Waals surface area (Å²) >= 11 is 0. The Morgan fingerprint density at radius 1 is 1.18 bits per heavy atom. The summed E-state index contributed by atoms with van der Waals surface area (Å²) < 4.78 is 26.4. The van der Waals surface area contributed by atoms with Crippen LogP contribution in [0.25, 0.3) is 0 Å². The Hall–Kier alpha value is -0.870. The fourth-order valence-electron chi connectivity index (χ4n) is 1.50. The van der Waals surface area contributed by atoms with E-state index in [1.165, 1.54) is 0 Å². The van der Waals surface area contributed by atoms with E-state index >= 15 is 0 Å². The van der Waals surface area contributed by atoms with E-state index in [1.54, 1.807) is 12.1 Å². The zero-order valence-electron chi connectivity index (χ0n) is 10.7. The zero-order chi connectivity index (χ0) is 12.9. The molecule has 0 saturated heterocycles. The normalized spacial score (nSPS) is 12.0. The van der Waals surface area contributed by atoms with Crippen molar-refractivity contribution in [2.45, 2.75) is 44.4 Å². The standard InChI is InChI=1S/C13H21NO2S/c1-4-5-10-14-17(15,16)13-8-6-12(7-9-13)11(2)3/h6-9,11,14H,4-5,10H2,1-3H3. The Kier molecular flexibility index (Phi) is 5.15. The van der Waals surface area contributed by atoms with Crippen LogP contribution in [0.1, 0.15) is 45.1 Å². The SMILES string of the molecule is CCCCNS(=O)(=O)c1ccc(C(C)C)cc1. The van der Waals surface area contributed by atoms with Gasteiger partial charge in [-0.1, -0.05) is 39.3 Å². The van der Waals surface area contributed by atoms with Gasteiger partial charge in [0.2, 0.25) is 10.0 Å². The Bertz CT molecular complexity index is 435. The van der Waals surface area contributed by atoms with Crippen LogP contribution in [0.3, 0.4) is 0 Å². The third-order valence-electron chi connectivity index (χ3n) is 2.68. The van der Waals surface area contributed by atoms with Crippen molar-refractivity contribution < 1.29 is 8.42 Å². The van der Waals surface area contributed by atoms with Gasteiger partial charge in [-0.3, -0.25) is 0 Å². The third kappa shape index (κ3) is 4.13. The Morgan fingerprint density at radius 2 is 1.76 bits per heavy atom. The second kappa shape index (κ2) is 6.17. The maximum Gasteiger partial charge on any atom is 0.240 e. The number of hydrogen-bond donors (Lipinski definition) is 1. The molecule has 0 aliphatic carbocycles. The fourth-order valence-corrected chi connectivity index (χ4v) is 2.57. The van der Waals surface area contributed by atoms with Gasteiger partial charge in [-0.15, -0.1) is 0 Å². The van der Waals surface area contributed by atoms with Crippen molar-refractivity contribution in [3.05, 3.63) is 29.8 Å². The van der Waals surface area contributed by atoms with E-state index in [2.05, 4.69) is 18.6 Å². The van der Waals surface area contributed by atoms with Gasteiger partial charge < -0.3 is 0 Å². The van der Waals surface area contributed by atoms with E-state index < -0.39 is 10.0 Å². The first-order valence-electron chi connectivity index (χ1n) is 6.07. The summed E-state index contributed by atoms with van der Waals surface area (Å²) in [5, 5.41) is 0. The number of benzene rings is 1. The molecule has 3 nitrogen and oxygen atoms in total. The van der Waals surface area contributed by atoms with E-state index in [9.17, 15) is 8.42 Å². The smallest absolute Gasteiger partial charge is 0.211 e. The van der Waals surface area contributed by atoms with Crippen LogP contribution in [0.2, 0.25) is 0 Å². The van der Waals surface area contributed by atoms with Crippen molar-refractivity contribution in [2.75, 3.05) is 6.54 Å². The molecular formula is C13H21NO2S. The predicted molar refractivity (Wildman–Crippen MR) is 70.6 cm³/mol. The maximum absolute atomic E-state index is 11.9. The van der Waals surface area contributed by atoms with Crippen molar-refractivity contribution >= 4 is 10.0 Å². The van der Waals surface area contributed by atoms with Gasteiger partial charge in [-0.05, 0) is 30.0 Å². The van der Waals surface area contributed by atoms with Gasteiger partial charge in [-0.25, -0.2) is 13.1 Å². The summed E-state index contributed by atoms with van der Waals surface area (Å²) in [4.78, 5) is 0.345. The minimum absolute atomic E-state index is 0.345. The quantitative estimate of drug-likeness (QED) is 0.794. The third-order valence-corrected chi connectivity index (χ3v) is 4.16. The molecule has 0 aliphatic heterocycles. The largest absolute Gasteiger partial charge is 0.240 e. The highest BCUT2D eigenvalue weighted by Crippen LogP contribution is 2.17. The van der Waals surface area contributed by atoms with E-state index in [1.807, 2.05) is 19.1 Å². The summed E-state index contributed by atoms with van der Waals surface area (Å²) in [6, 6.07) is 7.09. The maximum atomic E-state index is 11.9. The lowest BCUT2D eigenvalue weighted by Crippen LogP contribution is -2.24. The molecule has 1 aromatic rings. The minimum atomic E-state index is -3.32. The first-order valence-corrected chi connectivity index (χ1v) is 7.55. The lowest BCUT2D eigenvalue weighted by Gasteiger charge is -2.08. The van der Waals surface area contributed by atoms with Crippen molar-refractivity contribution in [2.24, 2.45) is 0 Å². The summed E-state index contributed by atoms with van der Waals surface area (Å²) in [6.45, 7) is 6.71. The minimum Gasteiger partial charge on any atom is -0.211 e. The number of unbranched alkanes of at least 4 members (excludes halogenated alkanes) is 1. The Labute approximate surface area is 104 Å². The lowest BCUT2D eigenvalue weighted by atomic mass is 10.0. The van der Waals surface area contributed by atoms with Crippen LogP contribution in [0.5, 0.6) is 0 Å². The molecule has 0 fully saturated rings. The monoisotopic (exact) mass is 255 g/mol. The average molecular weight is 255 g/mol. The second-order valence-corrected chi connectivity index (χ2v) is 6.24. The number of nitrogens with one attached hydrogen (secondary N) is 1. The first-order chi connectivity index (χ1) is 7.97. The zero-order valence-corrected chi connectivity index (χ0v) is 11.5. The molecule has 96 valence electrons. The van der Waals surface area contributed by atoms with Crippen LogP contribution < -0.4 is 4.72 Å². The number of hydrogen-bond acceptors (Lipinski definition) is 2. The van der Waals surface area contributed by atoms with Gasteiger partial charge in [0.05, 0.1) is 4.90 Å². The highest BCUT2D eigenvalue weighted by Gasteiger charge is 2.12. The molecule has 0 atom stereocenters. The highest BCUT2D eigenvalue weighted by atomic mass is 32.2. The fraction of sp³-hybridized carbons (Fsp3) is 0.538. The molecule has 0 amide bonds. The van der Waals surface area contributed by atoms with Crippen LogP contribution in [0.15, 0.2) is 29.2 Å². The number of rotatable bonds is 6. The van der Waals surface area contributed by atoms with E-state index in [4.69, 9.17) is 0 Å².